The molecule has 0 saturated heterocycles. The minimum absolute atomic E-state index is 0.112. The van der Waals surface area contributed by atoms with Crippen LogP contribution in [0.5, 0.6) is 0 Å². The summed E-state index contributed by atoms with van der Waals surface area (Å²) >= 11 is 0. The molecule has 0 amide bonds. The Kier molecular flexibility index (Phi) is 3.41. The topological polar surface area (TPSA) is 66.9 Å². The molecule has 0 radical (unpaired) electrons. The minimum atomic E-state index is -0.383. The summed E-state index contributed by atoms with van der Waals surface area (Å²) in [7, 11) is 0. The van der Waals surface area contributed by atoms with Gasteiger partial charge in [-0.1, -0.05) is 18.2 Å². The normalized spacial score (nSPS) is 16.8. The summed E-state index contributed by atoms with van der Waals surface area (Å²) in [6, 6.07) is 14.8. The predicted octanol–water partition coefficient (Wildman–Crippen LogP) is 3.93. The fourth-order valence-corrected chi connectivity index (χ4v) is 3.04. The van der Waals surface area contributed by atoms with Crippen LogP contribution in [0.3, 0.4) is 0 Å². The molecule has 2 aromatic rings. The van der Waals surface area contributed by atoms with Crippen molar-refractivity contribution >= 4 is 5.69 Å². The Morgan fingerprint density at radius 3 is 2.62 bits per heavy atom. The summed E-state index contributed by atoms with van der Waals surface area (Å²) < 4.78 is 0. The van der Waals surface area contributed by atoms with Crippen molar-refractivity contribution in [3.05, 3.63) is 74.8 Å². The molecule has 3 rings (SSSR count). The molecule has 1 unspecified atom stereocenters. The molecule has 0 fully saturated rings. The summed E-state index contributed by atoms with van der Waals surface area (Å²) in [5.74, 6) is 0.225. The van der Waals surface area contributed by atoms with Crippen LogP contribution in [0, 0.1) is 21.4 Å². The number of fused-ring (bicyclic) bond motifs is 1. The van der Waals surface area contributed by atoms with Gasteiger partial charge in [0, 0.05) is 18.1 Å². The standard InChI is InChI=1S/C17H14N2O2/c18-11-12-4-5-13-2-1-3-16(17(13)10-12)14-6-8-15(9-7-14)19(20)21/h4-10,16H,1-3H2. The van der Waals surface area contributed by atoms with Gasteiger partial charge in [-0.2, -0.15) is 5.26 Å². The first kappa shape index (κ1) is 13.3. The van der Waals surface area contributed by atoms with Gasteiger partial charge in [-0.25, -0.2) is 0 Å². The van der Waals surface area contributed by atoms with E-state index in [0.717, 1.165) is 24.8 Å². The molecule has 0 bridgehead atoms. The zero-order valence-corrected chi connectivity index (χ0v) is 11.5. The zero-order chi connectivity index (χ0) is 14.8. The van der Waals surface area contributed by atoms with Gasteiger partial charge in [0.1, 0.15) is 0 Å². The predicted molar refractivity (Wildman–Crippen MR) is 79.0 cm³/mol. The molecular formula is C17H14N2O2. The van der Waals surface area contributed by atoms with Gasteiger partial charge in [0.05, 0.1) is 16.6 Å². The van der Waals surface area contributed by atoms with Crippen molar-refractivity contribution in [2.75, 3.05) is 0 Å². The summed E-state index contributed by atoms with van der Waals surface area (Å²) in [6.07, 6.45) is 3.14. The number of nitriles is 1. The number of hydrogen-bond donors (Lipinski definition) is 0. The van der Waals surface area contributed by atoms with Crippen molar-refractivity contribution in [2.24, 2.45) is 0 Å². The molecule has 0 heterocycles. The highest BCUT2D eigenvalue weighted by Crippen LogP contribution is 2.37. The molecule has 2 aromatic carbocycles. The maximum Gasteiger partial charge on any atom is 0.269 e. The minimum Gasteiger partial charge on any atom is -0.258 e. The summed E-state index contributed by atoms with van der Waals surface area (Å²) in [4.78, 5) is 10.4. The Morgan fingerprint density at radius 2 is 1.95 bits per heavy atom. The van der Waals surface area contributed by atoms with E-state index in [0.29, 0.717) is 5.56 Å². The van der Waals surface area contributed by atoms with E-state index in [9.17, 15) is 10.1 Å². The van der Waals surface area contributed by atoms with E-state index < -0.39 is 0 Å². The van der Waals surface area contributed by atoms with Gasteiger partial charge < -0.3 is 0 Å². The van der Waals surface area contributed by atoms with Crippen LogP contribution in [0.25, 0.3) is 0 Å². The number of aryl methyl sites for hydroxylation is 1. The Balaban J connectivity index is 2.01. The van der Waals surface area contributed by atoms with Crippen molar-refractivity contribution in [2.45, 2.75) is 25.2 Å². The summed E-state index contributed by atoms with van der Waals surface area (Å²) in [5, 5.41) is 19.8. The van der Waals surface area contributed by atoms with Gasteiger partial charge in [0.15, 0.2) is 0 Å². The molecule has 4 heteroatoms. The van der Waals surface area contributed by atoms with Crippen LogP contribution in [0.1, 0.15) is 41.0 Å². The van der Waals surface area contributed by atoms with Gasteiger partial charge in [-0.15, -0.1) is 0 Å². The van der Waals surface area contributed by atoms with Gasteiger partial charge in [0.2, 0.25) is 0 Å². The first-order valence-electron chi connectivity index (χ1n) is 6.96. The van der Waals surface area contributed by atoms with Crippen LogP contribution in [0.2, 0.25) is 0 Å². The summed E-state index contributed by atoms with van der Waals surface area (Å²) in [5.41, 5.74) is 4.33. The molecule has 1 atom stereocenters. The quantitative estimate of drug-likeness (QED) is 0.617. The monoisotopic (exact) mass is 278 g/mol. The SMILES string of the molecule is N#Cc1ccc2c(c1)C(c1ccc([N+](=O)[O-])cc1)CCC2. The van der Waals surface area contributed by atoms with Crippen molar-refractivity contribution in [3.8, 4) is 6.07 Å². The lowest BCUT2D eigenvalue weighted by molar-refractivity contribution is -0.384. The highest BCUT2D eigenvalue weighted by Gasteiger charge is 2.22. The number of non-ortho nitro benzene ring substituents is 1. The van der Waals surface area contributed by atoms with Gasteiger partial charge in [-0.3, -0.25) is 10.1 Å². The summed E-state index contributed by atoms with van der Waals surface area (Å²) in [6.45, 7) is 0. The third-order valence-corrected chi connectivity index (χ3v) is 4.10. The number of hydrogen-bond acceptors (Lipinski definition) is 3. The van der Waals surface area contributed by atoms with Crippen molar-refractivity contribution in [1.82, 2.24) is 0 Å². The Hall–Kier alpha value is -2.67. The molecule has 104 valence electrons. The lowest BCUT2D eigenvalue weighted by atomic mass is 9.78. The second-order valence-corrected chi connectivity index (χ2v) is 5.32. The number of rotatable bonds is 2. The Morgan fingerprint density at radius 1 is 1.19 bits per heavy atom. The Bertz CT molecular complexity index is 729. The average Bonchev–Trinajstić information content (AvgIpc) is 2.54. The first-order valence-corrected chi connectivity index (χ1v) is 6.96. The molecule has 0 aromatic heterocycles. The lowest BCUT2D eigenvalue weighted by Gasteiger charge is -2.26. The molecule has 21 heavy (non-hydrogen) atoms. The first-order chi connectivity index (χ1) is 10.2. The fraction of sp³-hybridized carbons (Fsp3) is 0.235. The number of nitro benzene ring substituents is 1. The van der Waals surface area contributed by atoms with Crippen molar-refractivity contribution < 1.29 is 4.92 Å². The average molecular weight is 278 g/mol. The van der Waals surface area contributed by atoms with E-state index in [4.69, 9.17) is 5.26 Å². The van der Waals surface area contributed by atoms with Crippen molar-refractivity contribution in [1.29, 1.82) is 5.26 Å². The van der Waals surface area contributed by atoms with E-state index in [1.807, 2.05) is 30.3 Å². The van der Waals surface area contributed by atoms with Crippen LogP contribution in [-0.4, -0.2) is 4.92 Å². The molecule has 0 aliphatic heterocycles. The molecule has 0 saturated carbocycles. The lowest BCUT2D eigenvalue weighted by Crippen LogP contribution is -2.11. The van der Waals surface area contributed by atoms with E-state index in [1.54, 1.807) is 12.1 Å². The molecular weight excluding hydrogens is 264 g/mol. The maximum atomic E-state index is 10.7. The van der Waals surface area contributed by atoms with Crippen LogP contribution in [0.15, 0.2) is 42.5 Å². The molecule has 4 nitrogen and oxygen atoms in total. The largest absolute Gasteiger partial charge is 0.269 e. The van der Waals surface area contributed by atoms with Gasteiger partial charge in [-0.05, 0) is 48.1 Å². The van der Waals surface area contributed by atoms with Gasteiger partial charge >= 0.3 is 0 Å². The molecule has 0 N–H and O–H groups in total. The van der Waals surface area contributed by atoms with Crippen molar-refractivity contribution in [3.63, 3.8) is 0 Å². The van der Waals surface area contributed by atoms with E-state index in [1.165, 1.54) is 11.1 Å². The molecule has 0 spiro atoms. The smallest absolute Gasteiger partial charge is 0.258 e. The number of benzene rings is 2. The molecule has 1 aliphatic carbocycles. The van der Waals surface area contributed by atoms with E-state index >= 15 is 0 Å². The van der Waals surface area contributed by atoms with Crippen LogP contribution < -0.4 is 0 Å². The highest BCUT2D eigenvalue weighted by molar-refractivity contribution is 5.46. The van der Waals surface area contributed by atoms with Crippen LogP contribution in [0.4, 0.5) is 5.69 Å². The van der Waals surface area contributed by atoms with E-state index in [-0.39, 0.29) is 16.5 Å². The second kappa shape index (κ2) is 5.37. The maximum absolute atomic E-state index is 10.7. The van der Waals surface area contributed by atoms with E-state index in [2.05, 4.69) is 6.07 Å². The Labute approximate surface area is 122 Å². The number of nitro groups is 1. The second-order valence-electron chi connectivity index (χ2n) is 5.32. The molecule has 1 aliphatic rings. The highest BCUT2D eigenvalue weighted by atomic mass is 16.6. The van der Waals surface area contributed by atoms with Crippen LogP contribution in [-0.2, 0) is 6.42 Å². The fourth-order valence-electron chi connectivity index (χ4n) is 3.04. The zero-order valence-electron chi connectivity index (χ0n) is 11.5. The third kappa shape index (κ3) is 2.50. The van der Waals surface area contributed by atoms with Crippen LogP contribution >= 0.6 is 0 Å². The van der Waals surface area contributed by atoms with Gasteiger partial charge in [0.25, 0.3) is 5.69 Å². The third-order valence-electron chi connectivity index (χ3n) is 4.10. The number of nitrogens with zero attached hydrogens (tertiary/aromatic N) is 2.